The Labute approximate surface area is 189 Å². The molecular formula is C19H19Br2N5O2S. The Bertz CT molecular complexity index is 1000. The Hall–Kier alpha value is -2.04. The van der Waals surface area contributed by atoms with E-state index in [4.69, 9.17) is 10.6 Å². The number of anilines is 1. The first-order valence-corrected chi connectivity index (χ1v) is 11.3. The number of halogens is 2. The summed E-state index contributed by atoms with van der Waals surface area (Å²) >= 11 is 8.16. The highest BCUT2D eigenvalue weighted by Gasteiger charge is 2.15. The Morgan fingerprint density at radius 1 is 1.21 bits per heavy atom. The van der Waals surface area contributed by atoms with E-state index in [-0.39, 0.29) is 11.7 Å². The zero-order chi connectivity index (χ0) is 21.0. The van der Waals surface area contributed by atoms with E-state index in [9.17, 15) is 4.79 Å². The molecule has 0 fully saturated rings. The van der Waals surface area contributed by atoms with Crippen LogP contribution in [-0.4, -0.2) is 33.1 Å². The van der Waals surface area contributed by atoms with Crippen LogP contribution < -0.4 is 15.9 Å². The lowest BCUT2D eigenvalue weighted by molar-refractivity contribution is -0.113. The molecule has 0 saturated heterocycles. The number of amides is 1. The van der Waals surface area contributed by atoms with Crippen LogP contribution >= 0.6 is 43.6 Å². The molecule has 0 aliphatic carbocycles. The van der Waals surface area contributed by atoms with E-state index < -0.39 is 0 Å². The van der Waals surface area contributed by atoms with E-state index in [0.717, 1.165) is 25.8 Å². The third kappa shape index (κ3) is 5.31. The van der Waals surface area contributed by atoms with Gasteiger partial charge in [-0.15, -0.1) is 10.2 Å². The highest BCUT2D eigenvalue weighted by Crippen LogP contribution is 2.32. The lowest BCUT2D eigenvalue weighted by Gasteiger charge is -2.10. The van der Waals surface area contributed by atoms with Crippen molar-refractivity contribution in [2.75, 3.05) is 23.5 Å². The predicted octanol–water partition coefficient (Wildman–Crippen LogP) is 4.62. The molecule has 0 radical (unpaired) electrons. The van der Waals surface area contributed by atoms with Crippen molar-refractivity contribution >= 4 is 55.2 Å². The molecule has 0 aliphatic heterocycles. The van der Waals surface area contributed by atoms with E-state index in [0.29, 0.717) is 23.3 Å². The van der Waals surface area contributed by atoms with Gasteiger partial charge < -0.3 is 15.9 Å². The lowest BCUT2D eigenvalue weighted by Crippen LogP contribution is -2.17. The SMILES string of the molecule is CCOc1ccc(-c2nnc(SCC(=O)Nc3c(Br)cc(C)cc3Br)n2N)cc1. The normalized spacial score (nSPS) is 10.8. The number of hydrogen-bond donors (Lipinski definition) is 2. The molecule has 0 saturated carbocycles. The van der Waals surface area contributed by atoms with Gasteiger partial charge in [-0.05, 0) is 87.7 Å². The van der Waals surface area contributed by atoms with Crippen LogP contribution in [0.4, 0.5) is 5.69 Å². The van der Waals surface area contributed by atoms with Crippen molar-refractivity contribution < 1.29 is 9.53 Å². The van der Waals surface area contributed by atoms with Crippen molar-refractivity contribution in [1.82, 2.24) is 14.9 Å². The molecule has 29 heavy (non-hydrogen) atoms. The number of ether oxygens (including phenoxy) is 1. The third-order valence-electron chi connectivity index (χ3n) is 3.87. The van der Waals surface area contributed by atoms with Gasteiger partial charge in [0.25, 0.3) is 0 Å². The van der Waals surface area contributed by atoms with Crippen molar-refractivity contribution in [1.29, 1.82) is 0 Å². The first kappa shape index (κ1) is 21.7. The molecule has 1 amide bonds. The van der Waals surface area contributed by atoms with Crippen LogP contribution in [0.1, 0.15) is 12.5 Å². The van der Waals surface area contributed by atoms with Gasteiger partial charge >= 0.3 is 0 Å². The van der Waals surface area contributed by atoms with Crippen LogP contribution in [0.2, 0.25) is 0 Å². The number of hydrogen-bond acceptors (Lipinski definition) is 6. The number of nitrogens with two attached hydrogens (primary N) is 1. The molecular weight excluding hydrogens is 522 g/mol. The van der Waals surface area contributed by atoms with Gasteiger partial charge in [0, 0.05) is 14.5 Å². The number of nitrogens with zero attached hydrogens (tertiary/aromatic N) is 3. The topological polar surface area (TPSA) is 95.1 Å². The van der Waals surface area contributed by atoms with Gasteiger partial charge in [0.2, 0.25) is 11.1 Å². The smallest absolute Gasteiger partial charge is 0.234 e. The molecule has 0 atom stereocenters. The number of rotatable bonds is 7. The summed E-state index contributed by atoms with van der Waals surface area (Å²) < 4.78 is 8.44. The first-order chi connectivity index (χ1) is 13.9. The first-order valence-electron chi connectivity index (χ1n) is 8.71. The van der Waals surface area contributed by atoms with Gasteiger partial charge in [-0.1, -0.05) is 11.8 Å². The van der Waals surface area contributed by atoms with Crippen molar-refractivity contribution in [3.8, 4) is 17.1 Å². The summed E-state index contributed by atoms with van der Waals surface area (Å²) in [6.07, 6.45) is 0. The molecule has 1 aromatic heterocycles. The summed E-state index contributed by atoms with van der Waals surface area (Å²) in [7, 11) is 0. The van der Waals surface area contributed by atoms with Crippen LogP contribution in [0, 0.1) is 6.92 Å². The fraction of sp³-hybridized carbons (Fsp3) is 0.211. The van der Waals surface area contributed by atoms with Crippen LogP contribution in [0.3, 0.4) is 0 Å². The fourth-order valence-corrected chi connectivity index (χ4v) is 4.83. The van der Waals surface area contributed by atoms with E-state index in [1.807, 2.05) is 50.2 Å². The molecule has 10 heteroatoms. The van der Waals surface area contributed by atoms with Crippen LogP contribution in [0.5, 0.6) is 5.75 Å². The number of nitrogens with one attached hydrogen (secondary N) is 1. The second-order valence-corrected chi connectivity index (χ2v) is 8.73. The second-order valence-electron chi connectivity index (χ2n) is 6.07. The molecule has 0 spiro atoms. The van der Waals surface area contributed by atoms with Gasteiger partial charge in [-0.25, -0.2) is 4.68 Å². The van der Waals surface area contributed by atoms with E-state index >= 15 is 0 Å². The van der Waals surface area contributed by atoms with E-state index in [2.05, 4.69) is 47.4 Å². The fourth-order valence-electron chi connectivity index (χ4n) is 2.56. The van der Waals surface area contributed by atoms with Gasteiger partial charge in [0.15, 0.2) is 5.82 Å². The molecule has 3 N–H and O–H groups in total. The van der Waals surface area contributed by atoms with Gasteiger partial charge in [0.1, 0.15) is 5.75 Å². The monoisotopic (exact) mass is 539 g/mol. The molecule has 1 heterocycles. The minimum absolute atomic E-state index is 0.144. The minimum atomic E-state index is -0.175. The summed E-state index contributed by atoms with van der Waals surface area (Å²) in [5, 5.41) is 11.6. The average molecular weight is 541 g/mol. The number of thioether (sulfide) groups is 1. The molecule has 3 aromatic rings. The van der Waals surface area contributed by atoms with Crippen molar-refractivity contribution in [2.24, 2.45) is 0 Å². The molecule has 0 unspecified atom stereocenters. The van der Waals surface area contributed by atoms with Gasteiger partial charge in [0.05, 0.1) is 18.0 Å². The molecule has 2 aromatic carbocycles. The second kappa shape index (κ2) is 9.64. The molecule has 0 bridgehead atoms. The third-order valence-corrected chi connectivity index (χ3v) is 6.07. The highest BCUT2D eigenvalue weighted by molar-refractivity contribution is 9.11. The number of carbonyl (C=O) groups is 1. The number of benzene rings is 2. The van der Waals surface area contributed by atoms with Crippen molar-refractivity contribution in [2.45, 2.75) is 19.0 Å². The number of carbonyl (C=O) groups excluding carboxylic acids is 1. The van der Waals surface area contributed by atoms with Gasteiger partial charge in [-0.3, -0.25) is 4.79 Å². The van der Waals surface area contributed by atoms with Crippen molar-refractivity contribution in [3.63, 3.8) is 0 Å². The van der Waals surface area contributed by atoms with Gasteiger partial charge in [-0.2, -0.15) is 0 Å². The number of aromatic nitrogens is 3. The van der Waals surface area contributed by atoms with E-state index in [1.54, 1.807) is 0 Å². The Morgan fingerprint density at radius 3 is 2.48 bits per heavy atom. The van der Waals surface area contributed by atoms with Crippen LogP contribution in [-0.2, 0) is 4.79 Å². The summed E-state index contributed by atoms with van der Waals surface area (Å²) in [6, 6.07) is 11.3. The maximum absolute atomic E-state index is 12.4. The quantitative estimate of drug-likeness (QED) is 0.335. The van der Waals surface area contributed by atoms with E-state index in [1.165, 1.54) is 16.4 Å². The molecule has 0 aliphatic rings. The van der Waals surface area contributed by atoms with Crippen LogP contribution in [0.15, 0.2) is 50.5 Å². The highest BCUT2D eigenvalue weighted by atomic mass is 79.9. The minimum Gasteiger partial charge on any atom is -0.494 e. The molecule has 7 nitrogen and oxygen atoms in total. The summed E-state index contributed by atoms with van der Waals surface area (Å²) in [6.45, 7) is 4.51. The summed E-state index contributed by atoms with van der Waals surface area (Å²) in [4.78, 5) is 12.4. The predicted molar refractivity (Wildman–Crippen MR) is 123 cm³/mol. The van der Waals surface area contributed by atoms with Crippen molar-refractivity contribution in [3.05, 3.63) is 50.9 Å². The zero-order valence-electron chi connectivity index (χ0n) is 15.8. The largest absolute Gasteiger partial charge is 0.494 e. The molecule has 152 valence electrons. The standard InChI is InChI=1S/C19H19Br2N5O2S/c1-3-28-13-6-4-12(5-7-13)18-24-25-19(26(18)22)29-10-16(27)23-17-14(20)8-11(2)9-15(17)21/h4-9H,3,10,22H2,1-2H3,(H,23,27). The number of nitrogen functional groups attached to an aromatic ring is 1. The Balaban J connectivity index is 1.65. The Kier molecular flexibility index (Phi) is 7.20. The maximum atomic E-state index is 12.4. The Morgan fingerprint density at radius 2 is 1.86 bits per heavy atom. The number of aryl methyl sites for hydroxylation is 1. The zero-order valence-corrected chi connectivity index (χ0v) is 19.8. The maximum Gasteiger partial charge on any atom is 0.234 e. The lowest BCUT2D eigenvalue weighted by atomic mass is 10.2. The van der Waals surface area contributed by atoms with Crippen LogP contribution in [0.25, 0.3) is 11.4 Å². The summed E-state index contributed by atoms with van der Waals surface area (Å²) in [5.74, 6) is 7.39. The summed E-state index contributed by atoms with van der Waals surface area (Å²) in [5.41, 5.74) is 2.58. The average Bonchev–Trinajstić information content (AvgIpc) is 3.04. The molecule has 3 rings (SSSR count).